The molecule has 35 heavy (non-hydrogen) atoms. The fourth-order valence-corrected chi connectivity index (χ4v) is 7.27. The molecule has 4 heterocycles. The van der Waals surface area contributed by atoms with Gasteiger partial charge in [0.05, 0.1) is 27.6 Å². The Morgan fingerprint density at radius 2 is 1.83 bits per heavy atom. The van der Waals surface area contributed by atoms with Gasteiger partial charge in [-0.3, -0.25) is 0 Å². The zero-order valence-corrected chi connectivity index (χ0v) is 20.8. The van der Waals surface area contributed by atoms with Gasteiger partial charge in [-0.25, -0.2) is 22.4 Å². The summed E-state index contributed by atoms with van der Waals surface area (Å²) in [6.07, 6.45) is 6.72. The monoisotopic (exact) mass is 501 g/mol. The topological polar surface area (TPSA) is 93.6 Å². The number of hydrogen-bond donors (Lipinski definition) is 0. The van der Waals surface area contributed by atoms with Crippen LogP contribution in [-0.2, 0) is 10.0 Å². The van der Waals surface area contributed by atoms with Crippen LogP contribution in [0.4, 0.5) is 0 Å². The highest BCUT2D eigenvalue weighted by Gasteiger charge is 2.29. The minimum Gasteiger partial charge on any atom is -0.320 e. The maximum absolute atomic E-state index is 13.4. The Morgan fingerprint density at radius 3 is 2.51 bits per heavy atom. The molecule has 176 valence electrons. The van der Waals surface area contributed by atoms with E-state index in [1.54, 1.807) is 54.1 Å². The summed E-state index contributed by atoms with van der Waals surface area (Å²) >= 11 is 1.69. The summed E-state index contributed by atoms with van der Waals surface area (Å²) in [4.78, 5) is 12.0. The van der Waals surface area contributed by atoms with Crippen LogP contribution < -0.4 is 0 Å². The molecule has 5 aromatic rings. The van der Waals surface area contributed by atoms with Crippen molar-refractivity contribution in [3.05, 3.63) is 65.8 Å². The smallest absolute Gasteiger partial charge is 0.269 e. The van der Waals surface area contributed by atoms with Crippen molar-refractivity contribution < 1.29 is 8.42 Å². The van der Waals surface area contributed by atoms with Crippen LogP contribution in [0.2, 0.25) is 0 Å². The van der Waals surface area contributed by atoms with Crippen molar-refractivity contribution in [3.8, 4) is 16.8 Å². The van der Waals surface area contributed by atoms with Crippen molar-refractivity contribution in [1.82, 2.24) is 18.5 Å². The summed E-state index contributed by atoms with van der Waals surface area (Å²) in [5, 5.41) is 10.2. The van der Waals surface area contributed by atoms with Crippen LogP contribution in [0, 0.1) is 24.2 Å². The van der Waals surface area contributed by atoms with Crippen LogP contribution in [0.25, 0.3) is 32.8 Å². The van der Waals surface area contributed by atoms with Crippen LogP contribution in [-0.4, -0.2) is 26.9 Å². The molecule has 0 bridgehead atoms. The minimum absolute atomic E-state index is 0.0900. The molecule has 9 heteroatoms. The van der Waals surface area contributed by atoms with Crippen LogP contribution in [0.5, 0.6) is 0 Å². The predicted molar refractivity (Wildman–Crippen MR) is 137 cm³/mol. The molecule has 0 radical (unpaired) electrons. The van der Waals surface area contributed by atoms with Crippen molar-refractivity contribution in [2.45, 2.75) is 43.5 Å². The first-order valence-electron chi connectivity index (χ1n) is 11.6. The first-order valence-corrected chi connectivity index (χ1v) is 13.9. The third kappa shape index (κ3) is 3.56. The third-order valence-corrected chi connectivity index (χ3v) is 9.51. The average molecular weight is 502 g/mol. The molecular weight excluding hydrogens is 478 g/mol. The Morgan fingerprint density at radius 1 is 1.06 bits per heavy atom. The molecule has 0 N–H and O–H groups in total. The second kappa shape index (κ2) is 8.33. The number of hydrogen-bond acceptors (Lipinski definition) is 6. The molecule has 0 atom stereocenters. The lowest BCUT2D eigenvalue weighted by atomic mass is 9.86. The Bertz CT molecular complexity index is 1700. The molecule has 0 saturated heterocycles. The summed E-state index contributed by atoms with van der Waals surface area (Å²) in [5.41, 5.74) is 2.04. The molecule has 1 aliphatic carbocycles. The summed E-state index contributed by atoms with van der Waals surface area (Å²) in [5.74, 6) is 0.971. The van der Waals surface area contributed by atoms with Crippen molar-refractivity contribution in [3.63, 3.8) is 0 Å². The summed E-state index contributed by atoms with van der Waals surface area (Å²) in [7, 11) is -3.79. The number of fused-ring (bicyclic) bond motifs is 3. The molecule has 1 saturated carbocycles. The van der Waals surface area contributed by atoms with Crippen molar-refractivity contribution in [1.29, 1.82) is 5.26 Å². The van der Waals surface area contributed by atoms with Gasteiger partial charge < -0.3 is 4.57 Å². The van der Waals surface area contributed by atoms with E-state index in [-0.39, 0.29) is 16.9 Å². The molecule has 1 fully saturated rings. The molecule has 0 aliphatic heterocycles. The van der Waals surface area contributed by atoms with Crippen LogP contribution in [0.15, 0.2) is 65.8 Å². The lowest BCUT2D eigenvalue weighted by molar-refractivity contribution is 0.320. The summed E-state index contributed by atoms with van der Waals surface area (Å²) < 4.78 is 30.3. The number of aromatic nitrogens is 4. The number of thiophene rings is 1. The number of rotatable bonds is 4. The lowest BCUT2D eigenvalue weighted by Gasteiger charge is -2.28. The van der Waals surface area contributed by atoms with Crippen LogP contribution in [0.1, 0.15) is 36.6 Å². The minimum atomic E-state index is -3.79. The maximum Gasteiger partial charge on any atom is 0.269 e. The Hall–Kier alpha value is -3.48. The van der Waals surface area contributed by atoms with E-state index < -0.39 is 10.0 Å². The lowest BCUT2D eigenvalue weighted by Crippen LogP contribution is -2.18. The quantitative estimate of drug-likeness (QED) is 0.305. The van der Waals surface area contributed by atoms with Gasteiger partial charge in [0.15, 0.2) is 11.5 Å². The van der Waals surface area contributed by atoms with Gasteiger partial charge in [-0.05, 0) is 62.9 Å². The number of nitrogens with zero attached hydrogens (tertiary/aromatic N) is 5. The highest BCUT2D eigenvalue weighted by Crippen LogP contribution is 2.41. The average Bonchev–Trinajstić information content (AvgIpc) is 3.60. The number of pyridine rings is 1. The van der Waals surface area contributed by atoms with E-state index in [0.29, 0.717) is 5.65 Å². The molecule has 0 amide bonds. The molecule has 4 aromatic heterocycles. The number of aryl methyl sites for hydroxylation is 1. The van der Waals surface area contributed by atoms with Crippen LogP contribution >= 0.6 is 11.3 Å². The fourth-order valence-electron chi connectivity index (χ4n) is 5.09. The molecule has 1 aromatic carbocycles. The van der Waals surface area contributed by atoms with Gasteiger partial charge in [-0.1, -0.05) is 18.2 Å². The largest absolute Gasteiger partial charge is 0.320 e. The van der Waals surface area contributed by atoms with E-state index in [4.69, 9.17) is 4.98 Å². The Labute approximate surface area is 207 Å². The Balaban J connectivity index is 1.59. The summed E-state index contributed by atoms with van der Waals surface area (Å²) in [6, 6.07) is 17.0. The standard InChI is InChI=1S/C26H23N5O2S2/c1-17-7-12-23(34-17)26-29-22-16-28-25-21(24(22)31(26)19-10-8-18(15-27)9-11-19)13-14-30(25)35(32,33)20-5-3-2-4-6-20/h2-7,12-14,16,18-19H,8-11H2,1H3/t18-,19-. The fraction of sp³-hybridized carbons (Fsp3) is 0.269. The second-order valence-corrected chi connectivity index (χ2v) is 12.1. The van der Waals surface area contributed by atoms with E-state index in [1.807, 2.05) is 6.07 Å². The Kier molecular flexibility index (Phi) is 5.24. The molecule has 7 nitrogen and oxygen atoms in total. The number of imidazole rings is 1. The van der Waals surface area contributed by atoms with Gasteiger partial charge >= 0.3 is 0 Å². The van der Waals surface area contributed by atoms with E-state index >= 15 is 0 Å². The van der Waals surface area contributed by atoms with Gasteiger partial charge in [0.1, 0.15) is 5.52 Å². The molecule has 0 unspecified atom stereocenters. The maximum atomic E-state index is 13.4. The van der Waals surface area contributed by atoms with E-state index in [0.717, 1.165) is 52.8 Å². The van der Waals surface area contributed by atoms with Crippen LogP contribution in [0.3, 0.4) is 0 Å². The third-order valence-electron chi connectivity index (χ3n) is 6.83. The van der Waals surface area contributed by atoms with E-state index in [1.165, 1.54) is 8.85 Å². The van der Waals surface area contributed by atoms with Gasteiger partial charge in [0.2, 0.25) is 0 Å². The van der Waals surface area contributed by atoms with Gasteiger partial charge in [0, 0.05) is 28.4 Å². The van der Waals surface area contributed by atoms with E-state index in [9.17, 15) is 13.7 Å². The zero-order chi connectivity index (χ0) is 24.2. The second-order valence-electron chi connectivity index (χ2n) is 9.01. The number of benzene rings is 1. The molecule has 0 spiro atoms. The normalized spacial score (nSPS) is 18.7. The van der Waals surface area contributed by atoms with Gasteiger partial charge in [0.25, 0.3) is 10.0 Å². The van der Waals surface area contributed by atoms with Crippen molar-refractivity contribution >= 4 is 43.4 Å². The first-order chi connectivity index (χ1) is 17.0. The zero-order valence-electron chi connectivity index (χ0n) is 19.1. The molecule has 1 aliphatic rings. The SMILES string of the molecule is Cc1ccc(-c2nc3cnc4c(ccn4S(=O)(=O)c4ccccc4)c3n2[C@H]2CC[C@H](C#N)CC2)s1. The van der Waals surface area contributed by atoms with Crippen molar-refractivity contribution in [2.24, 2.45) is 5.92 Å². The van der Waals surface area contributed by atoms with Gasteiger partial charge in [-0.2, -0.15) is 5.26 Å². The highest BCUT2D eigenvalue weighted by atomic mass is 32.2. The van der Waals surface area contributed by atoms with Crippen molar-refractivity contribution in [2.75, 3.05) is 0 Å². The summed E-state index contributed by atoms with van der Waals surface area (Å²) in [6.45, 7) is 2.08. The van der Waals surface area contributed by atoms with Gasteiger partial charge in [-0.15, -0.1) is 11.3 Å². The predicted octanol–water partition coefficient (Wildman–Crippen LogP) is 5.91. The van der Waals surface area contributed by atoms with E-state index in [2.05, 4.69) is 34.7 Å². The highest BCUT2D eigenvalue weighted by molar-refractivity contribution is 7.90. The molecular formula is C26H23N5O2S2. The number of nitriles is 1. The first kappa shape index (κ1) is 22.0. The molecule has 6 rings (SSSR count).